The van der Waals surface area contributed by atoms with E-state index in [-0.39, 0.29) is 6.61 Å². The molecule has 0 heterocycles. The van der Waals surface area contributed by atoms with Crippen LogP contribution in [0.3, 0.4) is 0 Å². The highest BCUT2D eigenvalue weighted by atomic mass is 32.2. The molecule has 0 aromatic rings. The second-order valence-corrected chi connectivity index (χ2v) is 2.85. The third-order valence-electron chi connectivity index (χ3n) is 0.783. The number of rotatable bonds is 5. The van der Waals surface area contributed by atoms with Crippen LogP contribution in [0.25, 0.3) is 0 Å². The minimum absolute atomic E-state index is 0.155. The summed E-state index contributed by atoms with van der Waals surface area (Å²) in [7, 11) is 0. The van der Waals surface area contributed by atoms with Gasteiger partial charge in [-0.2, -0.15) is 11.8 Å². The monoisotopic (exact) mass is 151 g/mol. The molecule has 0 aliphatic rings. The van der Waals surface area contributed by atoms with E-state index in [2.05, 4.69) is 0 Å². The van der Waals surface area contributed by atoms with Crippen molar-refractivity contribution in [1.82, 2.24) is 0 Å². The summed E-state index contributed by atoms with van der Waals surface area (Å²) in [5.74, 6) is 1.42. The summed E-state index contributed by atoms with van der Waals surface area (Å²) in [6.07, 6.45) is -0.582. The SMILES string of the molecule is NCCSCC(O)CO. The van der Waals surface area contributed by atoms with E-state index in [4.69, 9.17) is 15.9 Å². The lowest BCUT2D eigenvalue weighted by atomic mass is 10.4. The maximum Gasteiger partial charge on any atom is 0.0861 e. The molecule has 0 rings (SSSR count). The van der Waals surface area contributed by atoms with E-state index in [1.165, 1.54) is 0 Å². The first-order chi connectivity index (χ1) is 4.31. The largest absolute Gasteiger partial charge is 0.394 e. The van der Waals surface area contributed by atoms with Crippen molar-refractivity contribution in [2.45, 2.75) is 6.10 Å². The van der Waals surface area contributed by atoms with Crippen molar-refractivity contribution in [3.8, 4) is 0 Å². The quantitative estimate of drug-likeness (QED) is 0.442. The second-order valence-electron chi connectivity index (χ2n) is 1.70. The van der Waals surface area contributed by atoms with Gasteiger partial charge in [-0.1, -0.05) is 0 Å². The van der Waals surface area contributed by atoms with Crippen LogP contribution in [0.1, 0.15) is 0 Å². The molecule has 0 amide bonds. The van der Waals surface area contributed by atoms with Crippen LogP contribution in [-0.2, 0) is 0 Å². The fraction of sp³-hybridized carbons (Fsp3) is 1.00. The number of aliphatic hydroxyl groups excluding tert-OH is 2. The van der Waals surface area contributed by atoms with Gasteiger partial charge in [0.1, 0.15) is 0 Å². The molecule has 0 saturated heterocycles. The fourth-order valence-corrected chi connectivity index (χ4v) is 1.07. The highest BCUT2D eigenvalue weighted by Crippen LogP contribution is 1.99. The lowest BCUT2D eigenvalue weighted by Crippen LogP contribution is -2.16. The van der Waals surface area contributed by atoms with Crippen molar-refractivity contribution >= 4 is 11.8 Å². The van der Waals surface area contributed by atoms with Crippen LogP contribution in [0.2, 0.25) is 0 Å². The number of hydrogen-bond donors (Lipinski definition) is 3. The standard InChI is InChI=1S/C5H13NO2S/c6-1-2-9-4-5(8)3-7/h5,7-8H,1-4,6H2. The predicted octanol–water partition coefficient (Wildman–Crippen LogP) is -0.968. The van der Waals surface area contributed by atoms with Crippen LogP contribution >= 0.6 is 11.8 Å². The molecule has 0 aliphatic carbocycles. The summed E-state index contributed by atoms with van der Waals surface area (Å²) in [6.45, 7) is 0.473. The Hall–Kier alpha value is 0.230. The van der Waals surface area contributed by atoms with E-state index < -0.39 is 6.10 Å². The Morgan fingerprint density at radius 3 is 2.67 bits per heavy atom. The summed E-state index contributed by atoms with van der Waals surface area (Å²) in [5.41, 5.74) is 5.19. The van der Waals surface area contributed by atoms with Crippen LogP contribution < -0.4 is 5.73 Å². The van der Waals surface area contributed by atoms with E-state index in [9.17, 15) is 0 Å². The Morgan fingerprint density at radius 2 is 2.22 bits per heavy atom. The Morgan fingerprint density at radius 1 is 1.56 bits per heavy atom. The zero-order valence-corrected chi connectivity index (χ0v) is 6.10. The predicted molar refractivity (Wildman–Crippen MR) is 39.5 cm³/mol. The molecule has 56 valence electrons. The summed E-state index contributed by atoms with van der Waals surface area (Å²) in [5, 5.41) is 17.1. The Kier molecular flexibility index (Phi) is 6.51. The lowest BCUT2D eigenvalue weighted by molar-refractivity contribution is 0.113. The molecule has 0 aromatic carbocycles. The van der Waals surface area contributed by atoms with Gasteiger partial charge in [0.05, 0.1) is 12.7 Å². The average Bonchev–Trinajstić information content (AvgIpc) is 1.89. The van der Waals surface area contributed by atoms with Gasteiger partial charge < -0.3 is 15.9 Å². The van der Waals surface area contributed by atoms with E-state index in [0.717, 1.165) is 5.75 Å². The highest BCUT2D eigenvalue weighted by molar-refractivity contribution is 7.99. The molecule has 0 aromatic heterocycles. The molecule has 9 heavy (non-hydrogen) atoms. The Labute approximate surface area is 59.3 Å². The van der Waals surface area contributed by atoms with Gasteiger partial charge in [-0.25, -0.2) is 0 Å². The van der Waals surface area contributed by atoms with Crippen LogP contribution in [0, 0.1) is 0 Å². The van der Waals surface area contributed by atoms with Crippen LogP contribution in [-0.4, -0.2) is 41.0 Å². The van der Waals surface area contributed by atoms with Crippen LogP contribution in [0.5, 0.6) is 0 Å². The summed E-state index contributed by atoms with van der Waals surface area (Å²) in [6, 6.07) is 0. The van der Waals surface area contributed by atoms with E-state index in [1.807, 2.05) is 0 Å². The first-order valence-electron chi connectivity index (χ1n) is 2.88. The third kappa shape index (κ3) is 6.11. The molecule has 0 radical (unpaired) electrons. The minimum atomic E-state index is -0.582. The molecule has 0 bridgehead atoms. The molecule has 4 N–H and O–H groups in total. The average molecular weight is 151 g/mol. The summed E-state index contributed by atoms with van der Waals surface area (Å²) >= 11 is 1.55. The van der Waals surface area contributed by atoms with E-state index in [1.54, 1.807) is 11.8 Å². The van der Waals surface area contributed by atoms with Gasteiger partial charge in [0.2, 0.25) is 0 Å². The van der Waals surface area contributed by atoms with Gasteiger partial charge in [0.15, 0.2) is 0 Å². The first-order valence-corrected chi connectivity index (χ1v) is 4.03. The zero-order valence-electron chi connectivity index (χ0n) is 5.29. The molecular formula is C5H13NO2S. The molecular weight excluding hydrogens is 138 g/mol. The molecule has 3 nitrogen and oxygen atoms in total. The van der Waals surface area contributed by atoms with Crippen molar-refractivity contribution in [2.24, 2.45) is 5.73 Å². The van der Waals surface area contributed by atoms with Crippen molar-refractivity contribution in [3.05, 3.63) is 0 Å². The second kappa shape index (κ2) is 6.35. The highest BCUT2D eigenvalue weighted by Gasteiger charge is 1.99. The minimum Gasteiger partial charge on any atom is -0.394 e. The summed E-state index contributed by atoms with van der Waals surface area (Å²) in [4.78, 5) is 0. The number of hydrogen-bond acceptors (Lipinski definition) is 4. The number of nitrogens with two attached hydrogens (primary N) is 1. The fourth-order valence-electron chi connectivity index (χ4n) is 0.355. The molecule has 0 spiro atoms. The first kappa shape index (κ1) is 9.23. The van der Waals surface area contributed by atoms with Crippen molar-refractivity contribution in [1.29, 1.82) is 0 Å². The zero-order chi connectivity index (χ0) is 7.11. The maximum absolute atomic E-state index is 8.77. The van der Waals surface area contributed by atoms with Gasteiger partial charge in [0.25, 0.3) is 0 Å². The van der Waals surface area contributed by atoms with E-state index >= 15 is 0 Å². The van der Waals surface area contributed by atoms with Gasteiger partial charge in [-0.05, 0) is 0 Å². The van der Waals surface area contributed by atoms with Crippen molar-refractivity contribution < 1.29 is 10.2 Å². The molecule has 4 heteroatoms. The Balaban J connectivity index is 2.88. The maximum atomic E-state index is 8.77. The van der Waals surface area contributed by atoms with Gasteiger partial charge >= 0.3 is 0 Å². The van der Waals surface area contributed by atoms with Gasteiger partial charge in [-0.15, -0.1) is 0 Å². The van der Waals surface area contributed by atoms with Crippen molar-refractivity contribution in [3.63, 3.8) is 0 Å². The number of thioether (sulfide) groups is 1. The van der Waals surface area contributed by atoms with Gasteiger partial charge in [-0.3, -0.25) is 0 Å². The molecule has 0 aliphatic heterocycles. The molecule has 1 atom stereocenters. The topological polar surface area (TPSA) is 66.5 Å². The molecule has 0 fully saturated rings. The summed E-state index contributed by atoms with van der Waals surface area (Å²) < 4.78 is 0. The number of aliphatic hydroxyl groups is 2. The third-order valence-corrected chi connectivity index (χ3v) is 1.93. The van der Waals surface area contributed by atoms with E-state index in [0.29, 0.717) is 12.3 Å². The lowest BCUT2D eigenvalue weighted by Gasteiger charge is -2.04. The van der Waals surface area contributed by atoms with Gasteiger partial charge in [0, 0.05) is 18.1 Å². The van der Waals surface area contributed by atoms with Crippen LogP contribution in [0.4, 0.5) is 0 Å². The normalized spacial score (nSPS) is 13.7. The van der Waals surface area contributed by atoms with Crippen molar-refractivity contribution in [2.75, 3.05) is 24.7 Å². The molecule has 0 saturated carbocycles. The Bertz CT molecular complexity index is 62.9. The smallest absolute Gasteiger partial charge is 0.0861 e. The molecule has 1 unspecified atom stereocenters. The van der Waals surface area contributed by atoms with Crippen LogP contribution in [0.15, 0.2) is 0 Å².